The quantitative estimate of drug-likeness (QED) is 0.798. The monoisotopic (exact) mass is 286 g/mol. The summed E-state index contributed by atoms with van der Waals surface area (Å²) in [6.07, 6.45) is 4.22. The molecule has 0 amide bonds. The van der Waals surface area contributed by atoms with Gasteiger partial charge in [-0.1, -0.05) is 25.0 Å². The number of aromatic carboxylic acids is 1. The molecule has 1 aromatic carbocycles. The van der Waals surface area contributed by atoms with Crippen molar-refractivity contribution < 1.29 is 9.90 Å². The second-order valence-corrected chi connectivity index (χ2v) is 5.42. The van der Waals surface area contributed by atoms with E-state index in [1.165, 1.54) is 0 Å². The molecule has 2 unspecified atom stereocenters. The Kier molecular flexibility index (Phi) is 3.70. The first-order valence-corrected chi connectivity index (χ1v) is 7.17. The third-order valence-corrected chi connectivity index (χ3v) is 3.94. The Morgan fingerprint density at radius 2 is 2.00 bits per heavy atom. The minimum atomic E-state index is -1.13. The van der Waals surface area contributed by atoms with Crippen LogP contribution in [0.25, 0.3) is 10.9 Å². The number of nitrogens with two attached hydrogens (primary N) is 1. The van der Waals surface area contributed by atoms with Gasteiger partial charge in [0.1, 0.15) is 5.82 Å². The van der Waals surface area contributed by atoms with Crippen LogP contribution in [0.3, 0.4) is 0 Å². The second kappa shape index (κ2) is 5.65. The Balaban J connectivity index is 2.01. The molecule has 4 N–H and O–H groups in total. The van der Waals surface area contributed by atoms with Gasteiger partial charge in [0.2, 0.25) is 5.82 Å². The molecule has 1 aliphatic carbocycles. The topological polar surface area (TPSA) is 101 Å². The number of benzene rings is 1. The van der Waals surface area contributed by atoms with Gasteiger partial charge in [0.05, 0.1) is 5.52 Å². The van der Waals surface area contributed by atoms with Gasteiger partial charge in [-0.3, -0.25) is 0 Å². The van der Waals surface area contributed by atoms with Crippen molar-refractivity contribution in [3.63, 3.8) is 0 Å². The van der Waals surface area contributed by atoms with Crippen molar-refractivity contribution in [2.24, 2.45) is 5.73 Å². The molecule has 1 saturated carbocycles. The van der Waals surface area contributed by atoms with Crippen molar-refractivity contribution in [2.75, 3.05) is 5.32 Å². The Bertz CT molecular complexity index is 674. The van der Waals surface area contributed by atoms with Crippen LogP contribution in [-0.2, 0) is 0 Å². The minimum Gasteiger partial charge on any atom is -0.475 e. The summed E-state index contributed by atoms with van der Waals surface area (Å²) in [4.78, 5) is 19.4. The van der Waals surface area contributed by atoms with Crippen LogP contribution >= 0.6 is 0 Å². The molecule has 110 valence electrons. The Morgan fingerprint density at radius 1 is 1.24 bits per heavy atom. The van der Waals surface area contributed by atoms with E-state index in [4.69, 9.17) is 10.8 Å². The van der Waals surface area contributed by atoms with Gasteiger partial charge < -0.3 is 16.2 Å². The summed E-state index contributed by atoms with van der Waals surface area (Å²) in [7, 11) is 0. The van der Waals surface area contributed by atoms with Crippen LogP contribution in [-0.4, -0.2) is 33.1 Å². The van der Waals surface area contributed by atoms with Crippen molar-refractivity contribution in [3.8, 4) is 0 Å². The fraction of sp³-hybridized carbons (Fsp3) is 0.400. The first-order chi connectivity index (χ1) is 10.1. The first-order valence-electron chi connectivity index (χ1n) is 7.17. The molecule has 21 heavy (non-hydrogen) atoms. The van der Waals surface area contributed by atoms with Crippen molar-refractivity contribution in [3.05, 3.63) is 30.1 Å². The summed E-state index contributed by atoms with van der Waals surface area (Å²) in [6, 6.07) is 7.59. The molecule has 1 aliphatic rings. The highest BCUT2D eigenvalue weighted by Gasteiger charge is 2.23. The summed E-state index contributed by atoms with van der Waals surface area (Å²) in [6.45, 7) is 0. The van der Waals surface area contributed by atoms with Gasteiger partial charge in [0.15, 0.2) is 0 Å². The summed E-state index contributed by atoms with van der Waals surface area (Å²) in [5.41, 5.74) is 6.77. The van der Waals surface area contributed by atoms with Gasteiger partial charge in [0, 0.05) is 17.5 Å². The van der Waals surface area contributed by atoms with Crippen LogP contribution in [0.15, 0.2) is 24.3 Å². The first kappa shape index (κ1) is 13.8. The average Bonchev–Trinajstić information content (AvgIpc) is 2.49. The van der Waals surface area contributed by atoms with Gasteiger partial charge in [0.25, 0.3) is 0 Å². The standard InChI is InChI=1S/C15H18N4O2/c16-10-6-2-4-8-12(10)18-13-9-5-1-3-7-11(9)17-14(19-13)15(20)21/h1,3,5,7,10,12H,2,4,6,8,16H2,(H,20,21)(H,17,18,19). The highest BCUT2D eigenvalue weighted by atomic mass is 16.4. The number of rotatable bonds is 3. The average molecular weight is 286 g/mol. The van der Waals surface area contributed by atoms with E-state index < -0.39 is 5.97 Å². The maximum absolute atomic E-state index is 11.2. The molecule has 3 rings (SSSR count). The molecule has 0 spiro atoms. The van der Waals surface area contributed by atoms with Crippen LogP contribution in [0.4, 0.5) is 5.82 Å². The Hall–Kier alpha value is -2.21. The third-order valence-electron chi connectivity index (χ3n) is 3.94. The molecule has 0 saturated heterocycles. The molecule has 1 fully saturated rings. The molecule has 6 heteroatoms. The number of nitrogens with zero attached hydrogens (tertiary/aromatic N) is 2. The van der Waals surface area contributed by atoms with Gasteiger partial charge in [-0.15, -0.1) is 0 Å². The summed E-state index contributed by atoms with van der Waals surface area (Å²) >= 11 is 0. The third kappa shape index (κ3) is 2.80. The predicted molar refractivity (Wildman–Crippen MR) is 80.4 cm³/mol. The van der Waals surface area contributed by atoms with Gasteiger partial charge >= 0.3 is 5.97 Å². The van der Waals surface area contributed by atoms with Gasteiger partial charge in [-0.05, 0) is 25.0 Å². The van der Waals surface area contributed by atoms with Crippen molar-refractivity contribution in [1.82, 2.24) is 9.97 Å². The van der Waals surface area contributed by atoms with Crippen LogP contribution in [0.5, 0.6) is 0 Å². The Morgan fingerprint density at radius 3 is 2.76 bits per heavy atom. The van der Waals surface area contributed by atoms with E-state index in [0.717, 1.165) is 31.1 Å². The predicted octanol–water partition coefficient (Wildman–Crippen LogP) is 2.01. The largest absolute Gasteiger partial charge is 0.475 e. The number of nitrogens with one attached hydrogen (secondary N) is 1. The number of hydrogen-bond donors (Lipinski definition) is 3. The number of aromatic nitrogens is 2. The molecule has 0 radical (unpaired) electrons. The number of carboxylic acids is 1. The lowest BCUT2D eigenvalue weighted by Crippen LogP contribution is -2.42. The van der Waals surface area contributed by atoms with E-state index in [2.05, 4.69) is 15.3 Å². The molecule has 2 atom stereocenters. The number of carboxylic acid groups (broad SMARTS) is 1. The summed E-state index contributed by atoms with van der Waals surface area (Å²) in [5.74, 6) is -0.766. The molecule has 6 nitrogen and oxygen atoms in total. The van der Waals surface area contributed by atoms with Crippen LogP contribution in [0.1, 0.15) is 36.3 Å². The molecule has 0 aliphatic heterocycles. The zero-order valence-electron chi connectivity index (χ0n) is 11.6. The number of anilines is 1. The minimum absolute atomic E-state index is 0.0701. The maximum Gasteiger partial charge on any atom is 0.374 e. The zero-order chi connectivity index (χ0) is 14.8. The molecule has 0 bridgehead atoms. The Labute approximate surface area is 122 Å². The fourth-order valence-electron chi connectivity index (χ4n) is 2.80. The molecule has 1 aromatic heterocycles. The number of fused-ring (bicyclic) bond motifs is 1. The SMILES string of the molecule is NC1CCCCC1Nc1nc(C(=O)O)nc2ccccc12. The van der Waals surface area contributed by atoms with E-state index in [0.29, 0.717) is 11.3 Å². The van der Waals surface area contributed by atoms with E-state index >= 15 is 0 Å². The lowest BCUT2D eigenvalue weighted by molar-refractivity contribution is 0.0684. The van der Waals surface area contributed by atoms with E-state index in [1.807, 2.05) is 18.2 Å². The van der Waals surface area contributed by atoms with Crippen molar-refractivity contribution in [2.45, 2.75) is 37.8 Å². The highest BCUT2D eigenvalue weighted by molar-refractivity contribution is 5.93. The fourth-order valence-corrected chi connectivity index (χ4v) is 2.80. The van der Waals surface area contributed by atoms with E-state index in [1.54, 1.807) is 6.07 Å². The maximum atomic E-state index is 11.2. The zero-order valence-corrected chi connectivity index (χ0v) is 11.6. The van der Waals surface area contributed by atoms with Crippen molar-refractivity contribution >= 4 is 22.7 Å². The molecular weight excluding hydrogens is 268 g/mol. The van der Waals surface area contributed by atoms with Crippen LogP contribution in [0.2, 0.25) is 0 Å². The lowest BCUT2D eigenvalue weighted by atomic mass is 9.91. The van der Waals surface area contributed by atoms with Crippen LogP contribution in [0, 0.1) is 0 Å². The van der Waals surface area contributed by atoms with Gasteiger partial charge in [-0.25, -0.2) is 14.8 Å². The molecular formula is C15H18N4O2. The summed E-state index contributed by atoms with van der Waals surface area (Å²) < 4.78 is 0. The van der Waals surface area contributed by atoms with Crippen molar-refractivity contribution in [1.29, 1.82) is 0 Å². The second-order valence-electron chi connectivity index (χ2n) is 5.42. The number of para-hydroxylation sites is 1. The van der Waals surface area contributed by atoms with E-state index in [-0.39, 0.29) is 17.9 Å². The molecule has 2 aromatic rings. The highest BCUT2D eigenvalue weighted by Crippen LogP contribution is 2.25. The smallest absolute Gasteiger partial charge is 0.374 e. The summed E-state index contributed by atoms with van der Waals surface area (Å²) in [5, 5.41) is 13.3. The number of hydrogen-bond acceptors (Lipinski definition) is 5. The van der Waals surface area contributed by atoms with Gasteiger partial charge in [-0.2, -0.15) is 0 Å². The van der Waals surface area contributed by atoms with E-state index in [9.17, 15) is 4.79 Å². The normalized spacial score (nSPS) is 22.1. The molecule has 1 heterocycles. The lowest BCUT2D eigenvalue weighted by Gasteiger charge is -2.30. The number of carbonyl (C=O) groups is 1. The van der Waals surface area contributed by atoms with Crippen LogP contribution < -0.4 is 11.1 Å².